The van der Waals surface area contributed by atoms with Crippen molar-refractivity contribution in [3.8, 4) is 0 Å². The van der Waals surface area contributed by atoms with E-state index in [9.17, 15) is 10.2 Å². The average Bonchev–Trinajstić information content (AvgIpc) is 2.87. The molecule has 0 bridgehead atoms. The molecule has 0 amide bonds. The second kappa shape index (κ2) is 14.7. The van der Waals surface area contributed by atoms with Crippen molar-refractivity contribution in [1.29, 1.82) is 0 Å². The van der Waals surface area contributed by atoms with Crippen LogP contribution in [0, 0.1) is 0 Å². The number of rotatable bonds is 16. The first-order valence-electron chi connectivity index (χ1n) is 13.9. The lowest BCUT2D eigenvalue weighted by Crippen LogP contribution is -2.42. The van der Waals surface area contributed by atoms with Gasteiger partial charge in [0, 0.05) is 39.1 Å². The summed E-state index contributed by atoms with van der Waals surface area (Å²) in [6.45, 7) is 6.90. The predicted molar refractivity (Wildman–Crippen MR) is 159 cm³/mol. The van der Waals surface area contributed by atoms with Crippen LogP contribution in [0.25, 0.3) is 0 Å². The molecule has 6 nitrogen and oxygen atoms in total. The van der Waals surface area contributed by atoms with Gasteiger partial charge in [0.1, 0.15) is 0 Å². The van der Waals surface area contributed by atoms with E-state index < -0.39 is 0 Å². The number of hydrogen-bond acceptors (Lipinski definition) is 4. The number of aliphatic hydroxyl groups is 2. The van der Waals surface area contributed by atoms with Gasteiger partial charge in [0.05, 0.1) is 77.1 Å². The lowest BCUT2D eigenvalue weighted by molar-refractivity contribution is -0.890. The van der Waals surface area contributed by atoms with Gasteiger partial charge in [-0.25, -0.2) is 0 Å². The molecule has 0 saturated carbocycles. The maximum Gasteiger partial charge on any atom is 0.0804 e. The minimum absolute atomic E-state index is 0. The fraction of sp³-hybridized carbons (Fsp3) is 0.613. The Kier molecular flexibility index (Phi) is 12.4. The Morgan fingerprint density at radius 2 is 0.811 bits per heavy atom. The summed E-state index contributed by atoms with van der Waals surface area (Å²) >= 11 is 0. The van der Waals surface area contributed by atoms with E-state index in [0.29, 0.717) is 0 Å². The van der Waals surface area contributed by atoms with E-state index in [-0.39, 0.29) is 20.6 Å². The lowest BCUT2D eigenvalue weighted by Gasteiger charge is -2.40. The van der Waals surface area contributed by atoms with Crippen LogP contribution in [0.2, 0.25) is 0 Å². The quantitative estimate of drug-likeness (QED) is 0.233. The number of anilines is 4. The van der Waals surface area contributed by atoms with Crippen LogP contribution in [0.5, 0.6) is 0 Å². The van der Waals surface area contributed by atoms with Crippen molar-refractivity contribution in [1.82, 2.24) is 0 Å². The van der Waals surface area contributed by atoms with Crippen molar-refractivity contribution >= 4 is 22.7 Å². The van der Waals surface area contributed by atoms with Gasteiger partial charge in [0.15, 0.2) is 0 Å². The van der Waals surface area contributed by atoms with Gasteiger partial charge in [-0.3, -0.25) is 0 Å². The van der Waals surface area contributed by atoms with E-state index in [0.717, 1.165) is 73.9 Å². The number of nitrogens with zero attached hydrogens (tertiary/aromatic N) is 4. The molecule has 0 saturated heterocycles. The Morgan fingerprint density at radius 3 is 1.11 bits per heavy atom. The van der Waals surface area contributed by atoms with Crippen LogP contribution < -0.4 is 9.80 Å². The minimum atomic E-state index is 0. The number of aliphatic hydroxyl groups excluding tert-OH is 2. The number of benzene rings is 2. The van der Waals surface area contributed by atoms with Crippen molar-refractivity contribution in [3.63, 3.8) is 0 Å². The fourth-order valence-corrected chi connectivity index (χ4v) is 5.42. The Bertz CT molecular complexity index is 809. The minimum Gasteiger partial charge on any atom is -0.396 e. The van der Waals surface area contributed by atoms with Crippen molar-refractivity contribution < 1.29 is 19.2 Å². The summed E-state index contributed by atoms with van der Waals surface area (Å²) in [5.41, 5.74) is 5.24. The fourth-order valence-electron chi connectivity index (χ4n) is 5.42. The zero-order chi connectivity index (χ0) is 26.0. The third kappa shape index (κ3) is 8.99. The topological polar surface area (TPSA) is 46.9 Å². The van der Waals surface area contributed by atoms with Gasteiger partial charge in [0.2, 0.25) is 0 Å². The van der Waals surface area contributed by atoms with E-state index in [1.165, 1.54) is 35.6 Å². The van der Waals surface area contributed by atoms with Crippen molar-refractivity contribution in [2.24, 2.45) is 0 Å². The van der Waals surface area contributed by atoms with E-state index in [2.05, 4.69) is 86.5 Å². The molecular formula is C31H54N4O2+2. The highest BCUT2D eigenvalue weighted by molar-refractivity contribution is 5.93. The molecule has 37 heavy (non-hydrogen) atoms. The summed E-state index contributed by atoms with van der Waals surface area (Å²) in [6.07, 6.45) is 6.37. The maximum atomic E-state index is 9.18. The van der Waals surface area contributed by atoms with Crippen molar-refractivity contribution in [2.45, 2.75) is 46.0 Å². The highest BCUT2D eigenvalue weighted by Crippen LogP contribution is 2.47. The molecule has 6 heteroatoms. The Balaban J connectivity index is 0.00000481. The van der Waals surface area contributed by atoms with E-state index in [1.54, 1.807) is 0 Å². The van der Waals surface area contributed by atoms with Crippen molar-refractivity contribution in [3.05, 3.63) is 48.5 Å². The third-order valence-corrected chi connectivity index (χ3v) is 7.56. The molecule has 0 aliphatic carbocycles. The monoisotopic (exact) mass is 514 g/mol. The average molecular weight is 515 g/mol. The molecule has 0 atom stereocenters. The molecule has 0 fully saturated rings. The molecule has 0 radical (unpaired) electrons. The second-order valence-corrected chi connectivity index (χ2v) is 11.6. The number of para-hydroxylation sites is 4. The summed E-state index contributed by atoms with van der Waals surface area (Å²) in [7, 11) is 9.08. The largest absolute Gasteiger partial charge is 0.396 e. The molecule has 2 aromatic rings. The normalized spacial score (nSPS) is 13.2. The number of hydrogen-bond donors (Lipinski definition) is 2. The van der Waals surface area contributed by atoms with Gasteiger partial charge >= 0.3 is 0 Å². The molecule has 208 valence electrons. The summed E-state index contributed by atoms with van der Waals surface area (Å²) in [4.78, 5) is 5.04. The summed E-state index contributed by atoms with van der Waals surface area (Å²) in [6, 6.07) is 17.7. The second-order valence-electron chi connectivity index (χ2n) is 11.6. The first-order chi connectivity index (χ1) is 17.3. The first kappa shape index (κ1) is 31.1. The number of quaternary nitrogens is 2. The zero-order valence-electron chi connectivity index (χ0n) is 23.2. The molecule has 1 aliphatic rings. The highest BCUT2D eigenvalue weighted by Gasteiger charge is 2.27. The van der Waals surface area contributed by atoms with Crippen LogP contribution in [0.3, 0.4) is 0 Å². The summed E-state index contributed by atoms with van der Waals surface area (Å²) in [5.74, 6) is 0. The van der Waals surface area contributed by atoms with Crippen molar-refractivity contribution in [2.75, 3.05) is 90.5 Å². The Hall–Kier alpha value is -2.12. The van der Waals surface area contributed by atoms with Gasteiger partial charge < -0.3 is 29.0 Å². The standard InChI is InChI=1S/C30H50N4O2.CH4/c1-33(2,23-13-25-35)21-11-9-19-31-27-15-5-7-17-29(27)32(30-18-8-6-16-28(30)31)20-10-12-22-34(3,4)24-14-26-36;/h5-8,15-18,35-36H,9-14,19-26H2,1-4H3;1H4/q+2;. The molecule has 1 aliphatic heterocycles. The SMILES string of the molecule is C.C[N+](C)(CCCO)CCCCN1c2ccccc2N(CCCC[N+](C)(C)CCCO)c2ccccc21. The van der Waals surface area contributed by atoms with E-state index >= 15 is 0 Å². The molecule has 0 spiro atoms. The molecule has 0 aromatic heterocycles. The van der Waals surface area contributed by atoms with Crippen LogP contribution in [-0.2, 0) is 0 Å². The van der Waals surface area contributed by atoms with Crippen LogP contribution in [0.15, 0.2) is 48.5 Å². The molecule has 2 N–H and O–H groups in total. The smallest absolute Gasteiger partial charge is 0.0804 e. The number of fused-ring (bicyclic) bond motifs is 2. The van der Waals surface area contributed by atoms with Crippen LogP contribution >= 0.6 is 0 Å². The zero-order valence-corrected chi connectivity index (χ0v) is 23.2. The summed E-state index contributed by atoms with van der Waals surface area (Å²) in [5, 5.41) is 18.4. The van der Waals surface area contributed by atoms with Gasteiger partial charge in [-0.05, 0) is 49.9 Å². The Labute approximate surface area is 226 Å². The van der Waals surface area contributed by atoms with Crippen LogP contribution in [0.4, 0.5) is 22.7 Å². The lowest BCUT2D eigenvalue weighted by atomic mass is 10.1. The molecular weight excluding hydrogens is 460 g/mol. The molecule has 2 aromatic carbocycles. The molecule has 0 unspecified atom stereocenters. The molecule has 1 heterocycles. The molecule has 3 rings (SSSR count). The van der Waals surface area contributed by atoms with Gasteiger partial charge in [0.25, 0.3) is 0 Å². The third-order valence-electron chi connectivity index (χ3n) is 7.56. The highest BCUT2D eigenvalue weighted by atomic mass is 16.3. The van der Waals surface area contributed by atoms with E-state index in [4.69, 9.17) is 0 Å². The van der Waals surface area contributed by atoms with Crippen LogP contribution in [0.1, 0.15) is 46.0 Å². The van der Waals surface area contributed by atoms with Gasteiger partial charge in [-0.2, -0.15) is 0 Å². The van der Waals surface area contributed by atoms with Gasteiger partial charge in [-0.1, -0.05) is 31.7 Å². The predicted octanol–water partition coefficient (Wildman–Crippen LogP) is 5.39. The van der Waals surface area contributed by atoms with Crippen LogP contribution in [-0.4, -0.2) is 99.9 Å². The summed E-state index contributed by atoms with van der Waals surface area (Å²) < 4.78 is 1.94. The van der Waals surface area contributed by atoms with Gasteiger partial charge in [-0.15, -0.1) is 0 Å². The Morgan fingerprint density at radius 1 is 0.514 bits per heavy atom. The maximum absolute atomic E-state index is 9.18. The first-order valence-corrected chi connectivity index (χ1v) is 13.9. The van der Waals surface area contributed by atoms with E-state index in [1.807, 2.05) is 0 Å². The number of unbranched alkanes of at least 4 members (excludes halogenated alkanes) is 2.